The van der Waals surface area contributed by atoms with Gasteiger partial charge in [-0.2, -0.15) is 0 Å². The van der Waals surface area contributed by atoms with Gasteiger partial charge in [0.15, 0.2) is 5.58 Å². The lowest BCUT2D eigenvalue weighted by atomic mass is 9.24. The number of furan rings is 1. The van der Waals surface area contributed by atoms with Crippen molar-refractivity contribution < 1.29 is 13.9 Å². The van der Waals surface area contributed by atoms with Crippen LogP contribution in [-0.4, -0.2) is 12.8 Å². The van der Waals surface area contributed by atoms with Crippen molar-refractivity contribution in [1.82, 2.24) is 0 Å². The molecule has 1 aromatic heterocycles. The van der Waals surface area contributed by atoms with Gasteiger partial charge in [0.1, 0.15) is 28.9 Å². The van der Waals surface area contributed by atoms with E-state index in [1.54, 1.807) is 0 Å². The summed E-state index contributed by atoms with van der Waals surface area (Å²) < 4.78 is 20.3. The Morgan fingerprint density at radius 3 is 2.43 bits per heavy atom. The maximum absolute atomic E-state index is 6.90. The number of ether oxygens (including phenoxy) is 2. The first-order valence-corrected chi connectivity index (χ1v) is 18.6. The van der Waals surface area contributed by atoms with Crippen LogP contribution in [0.15, 0.2) is 168 Å². The highest BCUT2D eigenvalue weighted by molar-refractivity contribution is 6.92. The van der Waals surface area contributed by atoms with E-state index in [-0.39, 0.29) is 18.1 Å². The molecule has 0 amide bonds. The van der Waals surface area contributed by atoms with Crippen molar-refractivity contribution in [1.29, 1.82) is 0 Å². The normalized spacial score (nSPS) is 20.8. The molecule has 3 atom stereocenters. The van der Waals surface area contributed by atoms with Gasteiger partial charge in [-0.05, 0) is 94.3 Å². The second kappa shape index (κ2) is 11.4. The molecule has 0 saturated heterocycles. The van der Waals surface area contributed by atoms with Crippen molar-refractivity contribution in [2.24, 2.45) is 5.92 Å². The van der Waals surface area contributed by atoms with Gasteiger partial charge in [0.05, 0.1) is 5.69 Å². The predicted octanol–water partition coefficient (Wildman–Crippen LogP) is 11.4. The maximum Gasteiger partial charge on any atom is 0.238 e. The van der Waals surface area contributed by atoms with Crippen LogP contribution >= 0.6 is 0 Å². The minimum Gasteiger partial charge on any atom is -0.487 e. The molecule has 0 fully saturated rings. The Balaban J connectivity index is 1.04. The fraction of sp³-hybridized carbons (Fsp3) is 0.125. The van der Waals surface area contributed by atoms with E-state index in [1.807, 2.05) is 12.1 Å². The number of hydrogen-bond acceptors (Lipinski definition) is 4. The summed E-state index contributed by atoms with van der Waals surface area (Å²) in [6.07, 6.45) is 16.6. The zero-order valence-corrected chi connectivity index (χ0v) is 29.6. The van der Waals surface area contributed by atoms with Gasteiger partial charge in [0, 0.05) is 32.9 Å². The Hall–Kier alpha value is -6.20. The average molecular weight is 686 g/mol. The summed E-state index contributed by atoms with van der Waals surface area (Å²) in [5, 5.41) is 4.42. The molecule has 53 heavy (non-hydrogen) atoms. The zero-order valence-electron chi connectivity index (χ0n) is 29.6. The van der Waals surface area contributed by atoms with Gasteiger partial charge >= 0.3 is 0 Å². The van der Waals surface area contributed by atoms with E-state index >= 15 is 0 Å². The monoisotopic (exact) mass is 685 g/mol. The predicted molar refractivity (Wildman–Crippen MR) is 219 cm³/mol. The Bertz CT molecular complexity index is 2770. The van der Waals surface area contributed by atoms with E-state index in [0.717, 1.165) is 79.3 Å². The zero-order chi connectivity index (χ0) is 35.3. The quantitative estimate of drug-likeness (QED) is 0.173. The van der Waals surface area contributed by atoms with Crippen LogP contribution in [0.25, 0.3) is 43.8 Å². The molecule has 4 nitrogen and oxygen atoms in total. The molecule has 2 aliphatic carbocycles. The van der Waals surface area contributed by atoms with Crippen LogP contribution in [0.4, 0.5) is 11.4 Å². The van der Waals surface area contributed by atoms with Crippen molar-refractivity contribution >= 4 is 61.7 Å². The first-order valence-electron chi connectivity index (χ1n) is 18.6. The Morgan fingerprint density at radius 1 is 0.736 bits per heavy atom. The number of rotatable bonds is 4. The molecular formula is C48H36BNO3. The summed E-state index contributed by atoms with van der Waals surface area (Å²) in [4.78, 5) is 2.33. The lowest BCUT2D eigenvalue weighted by Crippen LogP contribution is -2.61. The minimum absolute atomic E-state index is 0.0763. The third kappa shape index (κ3) is 4.56. The number of hydrogen-bond donors (Lipinski definition) is 0. The second-order valence-electron chi connectivity index (χ2n) is 15.1. The molecule has 2 aliphatic heterocycles. The fourth-order valence-corrected chi connectivity index (χ4v) is 9.18. The lowest BCUT2D eigenvalue weighted by molar-refractivity contribution is 0.209. The Morgan fingerprint density at radius 2 is 1.55 bits per heavy atom. The third-order valence-corrected chi connectivity index (χ3v) is 11.8. The first kappa shape index (κ1) is 30.4. The summed E-state index contributed by atoms with van der Waals surface area (Å²) >= 11 is 0. The number of benzene rings is 6. The van der Waals surface area contributed by atoms with Crippen molar-refractivity contribution in [3.05, 3.63) is 163 Å². The largest absolute Gasteiger partial charge is 0.487 e. The van der Waals surface area contributed by atoms with Crippen molar-refractivity contribution in [3.8, 4) is 28.4 Å². The molecule has 254 valence electrons. The second-order valence-corrected chi connectivity index (χ2v) is 15.1. The van der Waals surface area contributed by atoms with Crippen LogP contribution in [0.2, 0.25) is 5.31 Å². The van der Waals surface area contributed by atoms with E-state index in [2.05, 4.69) is 164 Å². The number of nitrogens with zero attached hydrogens (tertiary/aromatic N) is 1. The van der Waals surface area contributed by atoms with Crippen molar-refractivity contribution in [3.63, 3.8) is 0 Å². The van der Waals surface area contributed by atoms with E-state index in [9.17, 15) is 0 Å². The van der Waals surface area contributed by atoms with Crippen LogP contribution < -0.4 is 25.3 Å². The standard InChI is InChI=1S/C48H36BNO3/c1-30-11-9-13-35(27-30)50(39-17-10-16-38-37-15-5-6-18-40(37)53-47(38)39)34-23-20-31(21-24-34)33-28-42-46-43(29-33)52-44-19-7-8-26-48(44,2)49(46)45-36-14-4-3-12-32(36)22-25-41(45)51-42/h3-10,12-30,44H,11H2,1-2H3. The highest BCUT2D eigenvalue weighted by Gasteiger charge is 2.54. The average Bonchev–Trinajstić information content (AvgIpc) is 3.58. The lowest BCUT2D eigenvalue weighted by Gasteiger charge is -2.47. The molecule has 0 N–H and O–H groups in total. The summed E-state index contributed by atoms with van der Waals surface area (Å²) in [5.74, 6) is 3.10. The number of allylic oxidation sites excluding steroid dienone is 5. The van der Waals surface area contributed by atoms with Crippen molar-refractivity contribution in [2.45, 2.75) is 31.7 Å². The number of anilines is 2. The molecule has 3 heterocycles. The third-order valence-electron chi connectivity index (χ3n) is 11.8. The highest BCUT2D eigenvalue weighted by atomic mass is 16.5. The van der Waals surface area contributed by atoms with Crippen LogP contribution in [0.3, 0.4) is 0 Å². The summed E-state index contributed by atoms with van der Waals surface area (Å²) in [7, 11) is 0. The van der Waals surface area contributed by atoms with Gasteiger partial charge in [0.25, 0.3) is 0 Å². The highest BCUT2D eigenvalue weighted by Crippen LogP contribution is 2.50. The van der Waals surface area contributed by atoms with Gasteiger partial charge in [0.2, 0.25) is 6.71 Å². The first-order chi connectivity index (χ1) is 26.0. The molecule has 0 spiro atoms. The molecule has 4 aliphatic rings. The van der Waals surface area contributed by atoms with E-state index in [0.29, 0.717) is 5.92 Å². The van der Waals surface area contributed by atoms with E-state index in [4.69, 9.17) is 13.9 Å². The Labute approximate surface area is 309 Å². The van der Waals surface area contributed by atoms with Gasteiger partial charge in [-0.3, -0.25) is 0 Å². The number of fused-ring (bicyclic) bond motifs is 9. The summed E-state index contributed by atoms with van der Waals surface area (Å²) in [6, 6.07) is 41.0. The maximum atomic E-state index is 6.90. The van der Waals surface area contributed by atoms with E-state index in [1.165, 1.54) is 16.2 Å². The van der Waals surface area contributed by atoms with Crippen LogP contribution in [-0.2, 0) is 0 Å². The van der Waals surface area contributed by atoms with Gasteiger partial charge in [-0.1, -0.05) is 117 Å². The molecule has 7 aromatic rings. The van der Waals surface area contributed by atoms with Gasteiger partial charge in [-0.25, -0.2) is 0 Å². The van der Waals surface area contributed by atoms with Crippen LogP contribution in [0, 0.1) is 5.92 Å². The number of para-hydroxylation sites is 2. The van der Waals surface area contributed by atoms with E-state index < -0.39 is 0 Å². The smallest absolute Gasteiger partial charge is 0.238 e. The molecular weight excluding hydrogens is 649 g/mol. The van der Waals surface area contributed by atoms with Crippen molar-refractivity contribution in [2.75, 3.05) is 4.90 Å². The van der Waals surface area contributed by atoms with Crippen LogP contribution in [0.1, 0.15) is 20.3 Å². The molecule has 11 rings (SSSR count). The topological polar surface area (TPSA) is 34.8 Å². The molecule has 5 heteroatoms. The molecule has 0 radical (unpaired) electrons. The molecule has 3 unspecified atom stereocenters. The molecule has 0 bridgehead atoms. The molecule has 0 saturated carbocycles. The van der Waals surface area contributed by atoms with Gasteiger partial charge < -0.3 is 18.8 Å². The molecule has 6 aromatic carbocycles. The SMILES string of the molecule is CC1C=C(N(c2ccc(-c3cc4c5c(c3)OC3C=CC=CC3(C)B5c3c(ccc5ccccc35)O4)cc2)c2cccc3c2oc2ccccc23)C=CC1. The Kier molecular flexibility index (Phi) is 6.55. The van der Waals surface area contributed by atoms with Crippen LogP contribution in [0.5, 0.6) is 17.2 Å². The fourth-order valence-electron chi connectivity index (χ4n) is 9.18. The summed E-state index contributed by atoms with van der Waals surface area (Å²) in [6.45, 7) is 4.67. The minimum atomic E-state index is -0.270. The summed E-state index contributed by atoms with van der Waals surface area (Å²) in [5.41, 5.74) is 9.52. The van der Waals surface area contributed by atoms with Gasteiger partial charge in [-0.15, -0.1) is 0 Å².